The molecule has 1 aliphatic carbocycles. The molecular formula is C54H50N6O8S2. The zero-order valence-electron chi connectivity index (χ0n) is 38.6. The van der Waals surface area contributed by atoms with Crippen LogP contribution in [0.15, 0.2) is 125 Å². The second kappa shape index (κ2) is 21.3. The van der Waals surface area contributed by atoms with Gasteiger partial charge in [0.15, 0.2) is 0 Å². The summed E-state index contributed by atoms with van der Waals surface area (Å²) in [5, 5.41) is 23.8. The van der Waals surface area contributed by atoms with Crippen molar-refractivity contribution in [3.8, 4) is 17.2 Å². The lowest BCUT2D eigenvalue weighted by Gasteiger charge is -2.18. The first-order chi connectivity index (χ1) is 34.2. The van der Waals surface area contributed by atoms with Crippen LogP contribution in [0.3, 0.4) is 0 Å². The first kappa shape index (κ1) is 46.6. The maximum absolute atomic E-state index is 14.1. The number of ether oxygens (including phenoxy) is 5. The highest BCUT2D eigenvalue weighted by Gasteiger charge is 2.43. The van der Waals surface area contributed by atoms with Crippen LogP contribution in [0.2, 0.25) is 0 Å². The van der Waals surface area contributed by atoms with Crippen molar-refractivity contribution in [2.45, 2.75) is 51.7 Å². The van der Waals surface area contributed by atoms with Gasteiger partial charge >= 0.3 is 11.9 Å². The van der Waals surface area contributed by atoms with Gasteiger partial charge in [-0.15, -0.1) is 0 Å². The number of nitrogens with one attached hydrogen (secondary N) is 1. The summed E-state index contributed by atoms with van der Waals surface area (Å²) in [4.78, 5) is 36.9. The lowest BCUT2D eigenvalue weighted by molar-refractivity contribution is 0.0730. The number of epoxide rings is 1. The molecule has 6 aromatic carbocycles. The third kappa shape index (κ3) is 11.2. The van der Waals surface area contributed by atoms with Crippen LogP contribution in [0.25, 0.3) is 31.2 Å². The molecule has 0 bridgehead atoms. The molecule has 0 spiro atoms. The summed E-state index contributed by atoms with van der Waals surface area (Å²) in [6, 6.07) is 35.2. The summed E-state index contributed by atoms with van der Waals surface area (Å²) in [6.45, 7) is 5.67. The zero-order chi connectivity index (χ0) is 48.0. The molecule has 3 atom stereocenters. The Hall–Kier alpha value is -7.08. The van der Waals surface area contributed by atoms with Crippen LogP contribution in [0, 0.1) is 19.8 Å². The molecular weight excluding hydrogens is 925 g/mol. The van der Waals surface area contributed by atoms with E-state index < -0.39 is 11.9 Å². The van der Waals surface area contributed by atoms with Crippen LogP contribution in [0.5, 0.6) is 17.2 Å². The number of benzene rings is 6. The summed E-state index contributed by atoms with van der Waals surface area (Å²) >= 11 is 2.92. The zero-order valence-corrected chi connectivity index (χ0v) is 40.2. The number of esters is 2. The van der Waals surface area contributed by atoms with Gasteiger partial charge in [-0.2, -0.15) is 10.2 Å². The first-order valence-corrected chi connectivity index (χ1v) is 24.9. The Labute approximate surface area is 412 Å². The number of hydrazone groups is 2. The fraction of sp³-hybridized carbons (Fsp3) is 0.259. The number of aliphatic hydroxyl groups is 1. The predicted octanol–water partition coefficient (Wildman–Crippen LogP) is 10.7. The van der Waals surface area contributed by atoms with Gasteiger partial charge in [0.05, 0.1) is 76.0 Å². The predicted molar refractivity (Wildman–Crippen MR) is 276 cm³/mol. The average molecular weight is 975 g/mol. The van der Waals surface area contributed by atoms with Crippen molar-refractivity contribution in [3.05, 3.63) is 149 Å². The van der Waals surface area contributed by atoms with Crippen LogP contribution < -0.4 is 24.6 Å². The maximum Gasteiger partial charge on any atom is 0.343 e. The van der Waals surface area contributed by atoms with E-state index in [1.54, 1.807) is 54.7 Å². The molecule has 1 saturated heterocycles. The van der Waals surface area contributed by atoms with Crippen molar-refractivity contribution >= 4 is 88.5 Å². The molecule has 14 nitrogen and oxygen atoms in total. The number of fused-ring (bicyclic) bond motifs is 4. The third-order valence-electron chi connectivity index (χ3n) is 12.1. The molecule has 2 fully saturated rings. The summed E-state index contributed by atoms with van der Waals surface area (Å²) in [5.74, 6) is 0.657. The summed E-state index contributed by atoms with van der Waals surface area (Å²) < 4.78 is 31.6. The molecule has 10 rings (SSSR count). The molecule has 3 unspecified atom stereocenters. The minimum Gasteiger partial charge on any atom is -0.493 e. The van der Waals surface area contributed by atoms with Gasteiger partial charge in [0.2, 0.25) is 10.3 Å². The Bertz CT molecular complexity index is 3200. The lowest BCUT2D eigenvalue weighted by Crippen LogP contribution is -2.20. The molecule has 70 heavy (non-hydrogen) atoms. The van der Waals surface area contributed by atoms with Gasteiger partial charge in [0, 0.05) is 30.8 Å². The Morgan fingerprint density at radius 2 is 1.53 bits per heavy atom. The van der Waals surface area contributed by atoms with Crippen LogP contribution in [-0.4, -0.2) is 84.6 Å². The fourth-order valence-electron chi connectivity index (χ4n) is 8.50. The molecule has 1 aliphatic heterocycles. The number of hydrogen-bond acceptors (Lipinski definition) is 16. The molecule has 2 aliphatic rings. The van der Waals surface area contributed by atoms with Crippen molar-refractivity contribution in [3.63, 3.8) is 0 Å². The smallest absolute Gasteiger partial charge is 0.343 e. The Morgan fingerprint density at radius 3 is 2.31 bits per heavy atom. The van der Waals surface area contributed by atoms with E-state index in [9.17, 15) is 14.7 Å². The molecule has 0 amide bonds. The Balaban J connectivity index is 0.814. The highest BCUT2D eigenvalue weighted by Crippen LogP contribution is 2.39. The molecule has 3 heterocycles. The second-order valence-corrected chi connectivity index (χ2v) is 19.4. The molecule has 8 aromatic rings. The van der Waals surface area contributed by atoms with Crippen molar-refractivity contribution in [1.29, 1.82) is 0 Å². The van der Waals surface area contributed by atoms with Gasteiger partial charge in [0.1, 0.15) is 17.2 Å². The molecule has 2 N–H and O–H groups in total. The van der Waals surface area contributed by atoms with Gasteiger partial charge < -0.3 is 28.8 Å². The number of anilines is 2. The average Bonchev–Trinajstić information content (AvgIpc) is 3.81. The number of aliphatic hydroxyl groups excluding tert-OH is 1. The number of para-hydroxylation sites is 2. The number of thiazole rings is 2. The molecule has 2 aromatic heterocycles. The third-order valence-corrected chi connectivity index (χ3v) is 14.1. The van der Waals surface area contributed by atoms with Gasteiger partial charge in [-0.05, 0) is 140 Å². The SMILES string of the molecule is Cc1cc(/C=N/Nc2nc3ccccc3s2)c(OC(=O)c2ccc(OC(=O)c3ccc4cc(OCCCOCC5CCC6OC6C5)ccc4c3)c(C)c2)c(/C=N/N(CCO)c2nc3ccccc3s2)c1. The van der Waals surface area contributed by atoms with E-state index in [4.69, 9.17) is 33.8 Å². The van der Waals surface area contributed by atoms with E-state index in [0.717, 1.165) is 68.4 Å². The number of carbonyl (C=O) groups excluding carboxylic acids is 2. The summed E-state index contributed by atoms with van der Waals surface area (Å²) in [7, 11) is 0. The van der Waals surface area contributed by atoms with E-state index in [1.807, 2.05) is 91.9 Å². The number of hydrogen-bond donors (Lipinski definition) is 2. The van der Waals surface area contributed by atoms with Crippen molar-refractivity contribution in [1.82, 2.24) is 9.97 Å². The second-order valence-electron chi connectivity index (χ2n) is 17.3. The monoisotopic (exact) mass is 974 g/mol. The number of carbonyl (C=O) groups is 2. The molecule has 1 saturated carbocycles. The first-order valence-electron chi connectivity index (χ1n) is 23.2. The van der Waals surface area contributed by atoms with Crippen LogP contribution >= 0.6 is 22.7 Å². The van der Waals surface area contributed by atoms with Crippen LogP contribution in [0.1, 0.15) is 68.7 Å². The summed E-state index contributed by atoms with van der Waals surface area (Å²) in [5.41, 5.74) is 7.69. The normalized spacial score (nSPS) is 16.5. The van der Waals surface area contributed by atoms with Gasteiger partial charge in [-0.25, -0.2) is 24.6 Å². The fourth-order valence-corrected chi connectivity index (χ4v) is 10.3. The topological polar surface area (TPSA) is 170 Å². The van der Waals surface area contributed by atoms with Gasteiger partial charge in [-0.1, -0.05) is 59.1 Å². The minimum absolute atomic E-state index is 0.169. The Kier molecular flexibility index (Phi) is 14.2. The van der Waals surface area contributed by atoms with E-state index in [1.165, 1.54) is 29.1 Å². The molecule has 0 radical (unpaired) electrons. The number of aryl methyl sites for hydroxylation is 2. The van der Waals surface area contributed by atoms with Gasteiger partial charge in [-0.3, -0.25) is 5.43 Å². The highest BCUT2D eigenvalue weighted by molar-refractivity contribution is 7.22. The van der Waals surface area contributed by atoms with Crippen LogP contribution in [-0.2, 0) is 9.47 Å². The number of rotatable bonds is 19. The summed E-state index contributed by atoms with van der Waals surface area (Å²) in [6.07, 6.45) is 8.37. The van der Waals surface area contributed by atoms with Crippen molar-refractivity contribution in [2.75, 3.05) is 43.4 Å². The van der Waals surface area contributed by atoms with Crippen LogP contribution in [0.4, 0.5) is 10.3 Å². The standard InChI is InChI=1S/C54H50N6O8S2/c1-33-24-40(30-55-59-53-57-43-8-3-5-10-48(43)69-53)50(41(25-33)31-56-60(20-21-61)54-58-44-9-4-6-11-49(44)70-54)68-52(63)38-16-19-45(34(2)26-38)67-51(62)39-14-13-37-29-42(17-15-36(37)28-39)65-23-7-22-64-32-35-12-18-46-47(27-35)66-46/h3-6,8-11,13-17,19,24-26,28-31,35,46-47,61H,7,12,18,20-23,27,32H2,1-2H3,(H,57,59)/b55-30+,56-31+. The highest BCUT2D eigenvalue weighted by atomic mass is 32.1. The van der Waals surface area contributed by atoms with Gasteiger partial charge in [0.25, 0.3) is 0 Å². The minimum atomic E-state index is -0.653. The van der Waals surface area contributed by atoms with Crippen molar-refractivity contribution < 1.29 is 38.4 Å². The van der Waals surface area contributed by atoms with E-state index in [-0.39, 0.29) is 24.5 Å². The molecule has 356 valence electrons. The lowest BCUT2D eigenvalue weighted by atomic mass is 9.90. The maximum atomic E-state index is 14.1. The van der Waals surface area contributed by atoms with Crippen molar-refractivity contribution in [2.24, 2.45) is 16.1 Å². The largest absolute Gasteiger partial charge is 0.493 e. The van der Waals surface area contributed by atoms with E-state index in [2.05, 4.69) is 15.5 Å². The Morgan fingerprint density at radius 1 is 0.800 bits per heavy atom. The molecule has 16 heteroatoms. The quantitative estimate of drug-likeness (QED) is 0.0197. The van der Waals surface area contributed by atoms with E-state index >= 15 is 0 Å². The van der Waals surface area contributed by atoms with E-state index in [0.29, 0.717) is 69.6 Å². The number of nitrogens with zero attached hydrogens (tertiary/aromatic N) is 5. The number of aromatic nitrogens is 2.